The molecular weight excluding hydrogens is 715 g/mol. The molecule has 11 nitrogen and oxygen atoms in total. The fraction of sp³-hybridized carbons (Fsp3) is 0.256. The number of carbonyl (C=O) groups is 2. The second-order valence-electron chi connectivity index (χ2n) is 14.1. The lowest BCUT2D eigenvalue weighted by molar-refractivity contribution is -0.143. The van der Waals surface area contributed by atoms with E-state index in [4.69, 9.17) is 9.47 Å². The first-order valence-corrected chi connectivity index (χ1v) is 19.5. The van der Waals surface area contributed by atoms with E-state index in [1.165, 1.54) is 11.4 Å². The number of alkyl carbamates (subject to hydrolysis) is 1. The maximum Gasteiger partial charge on any atom is 0.407 e. The maximum atomic E-state index is 13.9. The van der Waals surface area contributed by atoms with Crippen LogP contribution in [0.5, 0.6) is 0 Å². The average Bonchev–Trinajstić information content (AvgIpc) is 3.80. The van der Waals surface area contributed by atoms with E-state index in [0.29, 0.717) is 11.4 Å². The molecule has 0 fully saturated rings. The zero-order valence-electron chi connectivity index (χ0n) is 31.4. The SMILES string of the molecule is COC(=O)C(Cc1cc(C)c2c(c1C)CN(S(=O)(=O)c1ccc(N=Nc3ccc(N(C)C)cc3)cc1)C2)NC(=O)OCC1c2ccccc2-c2ccccc21. The van der Waals surface area contributed by atoms with Gasteiger partial charge in [0.15, 0.2) is 0 Å². The highest BCUT2D eigenvalue weighted by molar-refractivity contribution is 7.89. The van der Waals surface area contributed by atoms with Crippen LogP contribution in [0.15, 0.2) is 118 Å². The molecular formula is C43H43N5O6S. The van der Waals surface area contributed by atoms with Crippen molar-refractivity contribution in [3.8, 4) is 11.1 Å². The largest absolute Gasteiger partial charge is 0.467 e. The Bertz CT molecular complexity index is 2350. The Labute approximate surface area is 321 Å². The van der Waals surface area contributed by atoms with E-state index >= 15 is 0 Å². The van der Waals surface area contributed by atoms with Crippen molar-refractivity contribution >= 4 is 39.1 Å². The molecule has 1 atom stereocenters. The first-order chi connectivity index (χ1) is 26.4. The number of esters is 1. The van der Waals surface area contributed by atoms with Crippen LogP contribution < -0.4 is 10.2 Å². The normalized spacial score (nSPS) is 14.3. The number of methoxy groups -OCH3 is 1. The minimum Gasteiger partial charge on any atom is -0.467 e. The average molecular weight is 758 g/mol. The number of fused-ring (bicyclic) bond motifs is 4. The van der Waals surface area contributed by atoms with Crippen LogP contribution in [0.1, 0.15) is 44.9 Å². The first-order valence-electron chi connectivity index (χ1n) is 18.0. The molecule has 0 aromatic heterocycles. The van der Waals surface area contributed by atoms with Crippen LogP contribution in [-0.2, 0) is 43.8 Å². The number of sulfonamides is 1. The van der Waals surface area contributed by atoms with Gasteiger partial charge in [-0.3, -0.25) is 0 Å². The standard InChI is InChI=1S/C43H43N5O6S/c1-27-22-29(23-41(42(49)53-5)44-43(50)54-26-40-36-12-8-6-10-34(36)35-11-7-9-13-37(35)40)28(2)39-25-48(24-38(27)39)55(51,52)33-20-16-31(17-21-33)46-45-30-14-18-32(19-15-30)47(3)4/h6-22,40-41H,23-26H2,1-5H3,(H,44,50). The molecule has 1 unspecified atom stereocenters. The van der Waals surface area contributed by atoms with Crippen molar-refractivity contribution in [3.05, 3.63) is 142 Å². The number of amides is 1. The molecule has 0 radical (unpaired) electrons. The summed E-state index contributed by atoms with van der Waals surface area (Å²) >= 11 is 0. The second kappa shape index (κ2) is 15.5. The highest BCUT2D eigenvalue weighted by Gasteiger charge is 2.34. The van der Waals surface area contributed by atoms with Crippen LogP contribution in [0.2, 0.25) is 0 Å². The van der Waals surface area contributed by atoms with Gasteiger partial charge in [0.05, 0.1) is 23.4 Å². The molecule has 0 saturated carbocycles. The number of nitrogens with one attached hydrogen (secondary N) is 1. The topological polar surface area (TPSA) is 130 Å². The summed E-state index contributed by atoms with van der Waals surface area (Å²) in [5.41, 5.74) is 11.0. The fourth-order valence-electron chi connectivity index (χ4n) is 7.44. The lowest BCUT2D eigenvalue weighted by atomic mass is 9.91. The van der Waals surface area contributed by atoms with E-state index in [-0.39, 0.29) is 36.9 Å². The van der Waals surface area contributed by atoms with Gasteiger partial charge >= 0.3 is 12.1 Å². The second-order valence-corrected chi connectivity index (χ2v) is 16.0. The number of benzene rings is 5. The molecule has 7 rings (SSSR count). The summed E-state index contributed by atoms with van der Waals surface area (Å²) in [5.74, 6) is -0.740. The summed E-state index contributed by atoms with van der Waals surface area (Å²) in [6, 6.07) is 31.1. The maximum absolute atomic E-state index is 13.9. The Morgan fingerprint density at radius 3 is 1.98 bits per heavy atom. The molecule has 0 saturated heterocycles. The Morgan fingerprint density at radius 2 is 1.40 bits per heavy atom. The van der Waals surface area contributed by atoms with E-state index in [2.05, 4.69) is 27.7 Å². The third-order valence-electron chi connectivity index (χ3n) is 10.5. The lowest BCUT2D eigenvalue weighted by Gasteiger charge is -2.20. The van der Waals surface area contributed by atoms with Gasteiger partial charge in [0.2, 0.25) is 10.0 Å². The highest BCUT2D eigenvalue weighted by Crippen LogP contribution is 2.44. The molecule has 5 aromatic carbocycles. The van der Waals surface area contributed by atoms with E-state index in [0.717, 1.165) is 55.8 Å². The minimum absolute atomic E-state index is 0.105. The van der Waals surface area contributed by atoms with Gasteiger partial charge in [0.25, 0.3) is 0 Å². The quantitative estimate of drug-likeness (QED) is 0.106. The lowest BCUT2D eigenvalue weighted by Crippen LogP contribution is -2.43. The molecule has 5 aromatic rings. The number of hydrogen-bond donors (Lipinski definition) is 1. The van der Waals surface area contributed by atoms with Crippen LogP contribution in [0, 0.1) is 13.8 Å². The molecule has 1 heterocycles. The molecule has 1 aliphatic carbocycles. The molecule has 55 heavy (non-hydrogen) atoms. The number of azo groups is 1. The van der Waals surface area contributed by atoms with Gasteiger partial charge in [-0.15, -0.1) is 0 Å². The molecule has 12 heteroatoms. The van der Waals surface area contributed by atoms with Crippen LogP contribution in [0.3, 0.4) is 0 Å². The monoisotopic (exact) mass is 757 g/mol. The Morgan fingerprint density at radius 1 is 0.836 bits per heavy atom. The van der Waals surface area contributed by atoms with Crippen molar-refractivity contribution in [3.63, 3.8) is 0 Å². The number of rotatable bonds is 11. The van der Waals surface area contributed by atoms with E-state index in [1.807, 2.05) is 99.6 Å². The zero-order chi connectivity index (χ0) is 38.9. The predicted octanol–water partition coefficient (Wildman–Crippen LogP) is 8.11. The number of anilines is 1. The fourth-order valence-corrected chi connectivity index (χ4v) is 8.82. The number of hydrogen-bond acceptors (Lipinski definition) is 9. The van der Waals surface area contributed by atoms with Crippen LogP contribution in [0.4, 0.5) is 21.9 Å². The summed E-state index contributed by atoms with van der Waals surface area (Å²) < 4.78 is 40.0. The molecule has 0 spiro atoms. The van der Waals surface area contributed by atoms with Gasteiger partial charge in [-0.25, -0.2) is 18.0 Å². The molecule has 0 bridgehead atoms. The van der Waals surface area contributed by atoms with Gasteiger partial charge in [0.1, 0.15) is 12.6 Å². The molecule has 1 amide bonds. The van der Waals surface area contributed by atoms with Crippen molar-refractivity contribution in [2.45, 2.75) is 50.2 Å². The summed E-state index contributed by atoms with van der Waals surface area (Å²) in [6.45, 7) is 4.34. The van der Waals surface area contributed by atoms with Crippen molar-refractivity contribution in [1.82, 2.24) is 9.62 Å². The molecule has 282 valence electrons. The number of carbonyl (C=O) groups excluding carboxylic acids is 2. The third kappa shape index (κ3) is 7.60. The van der Waals surface area contributed by atoms with E-state index in [1.54, 1.807) is 24.3 Å². The van der Waals surface area contributed by atoms with Gasteiger partial charge in [-0.1, -0.05) is 54.6 Å². The zero-order valence-corrected chi connectivity index (χ0v) is 32.3. The van der Waals surface area contributed by atoms with Crippen molar-refractivity contribution in [2.75, 3.05) is 32.7 Å². The summed E-state index contributed by atoms with van der Waals surface area (Å²) in [7, 11) is 1.36. The first kappa shape index (κ1) is 37.5. The number of ether oxygens (including phenoxy) is 2. The third-order valence-corrected chi connectivity index (χ3v) is 12.3. The van der Waals surface area contributed by atoms with Crippen LogP contribution >= 0.6 is 0 Å². The Kier molecular flexibility index (Phi) is 10.5. The van der Waals surface area contributed by atoms with Gasteiger partial charge < -0.3 is 19.7 Å². The summed E-state index contributed by atoms with van der Waals surface area (Å²) in [5, 5.41) is 11.3. The van der Waals surface area contributed by atoms with Crippen molar-refractivity contribution < 1.29 is 27.5 Å². The van der Waals surface area contributed by atoms with E-state index < -0.39 is 28.1 Å². The predicted molar refractivity (Wildman–Crippen MR) is 211 cm³/mol. The summed E-state index contributed by atoms with van der Waals surface area (Å²) in [6.07, 6.45) is -0.587. The van der Waals surface area contributed by atoms with Crippen molar-refractivity contribution in [2.24, 2.45) is 10.2 Å². The van der Waals surface area contributed by atoms with E-state index in [9.17, 15) is 18.0 Å². The number of aryl methyl sites for hydroxylation is 1. The van der Waals surface area contributed by atoms with Crippen LogP contribution in [-0.4, -0.2) is 58.6 Å². The summed E-state index contributed by atoms with van der Waals surface area (Å²) in [4.78, 5) is 28.3. The highest BCUT2D eigenvalue weighted by atomic mass is 32.2. The van der Waals surface area contributed by atoms with Gasteiger partial charge in [-0.2, -0.15) is 14.5 Å². The smallest absolute Gasteiger partial charge is 0.407 e. The van der Waals surface area contributed by atoms with Gasteiger partial charge in [-0.05, 0) is 112 Å². The Hall–Kier alpha value is -5.85. The number of nitrogens with zero attached hydrogens (tertiary/aromatic N) is 4. The van der Waals surface area contributed by atoms with Crippen molar-refractivity contribution in [1.29, 1.82) is 0 Å². The molecule has 1 aliphatic heterocycles. The van der Waals surface area contributed by atoms with Gasteiger partial charge in [0, 0.05) is 45.2 Å². The molecule has 2 aliphatic rings. The Balaban J connectivity index is 1.02. The minimum atomic E-state index is -3.85. The van der Waals surface area contributed by atoms with Crippen LogP contribution in [0.25, 0.3) is 11.1 Å². The molecule has 1 N–H and O–H groups in total.